The van der Waals surface area contributed by atoms with Crippen LogP contribution in [0.3, 0.4) is 0 Å². The van der Waals surface area contributed by atoms with Gasteiger partial charge in [0.05, 0.1) is 18.9 Å². The zero-order valence-corrected chi connectivity index (χ0v) is 34.9. The van der Waals surface area contributed by atoms with Crippen molar-refractivity contribution in [1.82, 2.24) is 37.2 Å². The lowest BCUT2D eigenvalue weighted by Crippen LogP contribution is -2.61. The minimum Gasteiger partial charge on any atom is -0.481 e. The van der Waals surface area contributed by atoms with Crippen molar-refractivity contribution >= 4 is 59.3 Å². The molecule has 2 rings (SSSR count). The fourth-order valence-corrected chi connectivity index (χ4v) is 6.75. The van der Waals surface area contributed by atoms with E-state index >= 15 is 0 Å². The average molecular weight is 862 g/mol. The van der Waals surface area contributed by atoms with Crippen LogP contribution in [0.4, 0.5) is 0 Å². The van der Waals surface area contributed by atoms with Gasteiger partial charge in [0.25, 0.3) is 0 Å². The van der Waals surface area contributed by atoms with Gasteiger partial charge < -0.3 is 57.6 Å². The van der Waals surface area contributed by atoms with Crippen LogP contribution in [-0.4, -0.2) is 128 Å². The standard InChI is InChI=1S/C40H59N7O14/c1-20(2)16-26(45-39(59)32(22(4)48)46-37(57)27(42-23(5)49)17-24-12-8-6-9-13-24)36(56)44-28(18-30(50)51)35(55)41-21(3)34(54)43-29(19-31(52)53)38(58)47-33(40(60)61)25-14-10-7-11-15-25/h6,8-9,12-13,20-22,25-29,32-33,48H,7,10-11,14-19H2,1-5H3,(H,41,55)(H,42,49)(H,43,54)(H,44,56)(H,45,59)(H,46,57)(H,47,58)(H,50,51)(H,52,53)(H,60,61)/t21-,22-,26-,27-,28-,29-,32-,33-/m0/s1. The molecule has 1 aliphatic carbocycles. The van der Waals surface area contributed by atoms with Crippen LogP contribution in [0.15, 0.2) is 30.3 Å². The Morgan fingerprint density at radius 3 is 1.57 bits per heavy atom. The number of carboxylic acids is 3. The van der Waals surface area contributed by atoms with Crippen molar-refractivity contribution in [2.45, 2.75) is 141 Å². The fourth-order valence-electron chi connectivity index (χ4n) is 6.75. The Morgan fingerprint density at radius 1 is 0.590 bits per heavy atom. The number of aliphatic carboxylic acids is 3. The third-order valence-corrected chi connectivity index (χ3v) is 9.84. The summed E-state index contributed by atoms with van der Waals surface area (Å²) in [6, 6.07) is -2.09. The van der Waals surface area contributed by atoms with Gasteiger partial charge in [0.2, 0.25) is 41.4 Å². The quantitative estimate of drug-likeness (QED) is 0.0576. The minimum absolute atomic E-state index is 0.0396. The molecule has 1 aliphatic rings. The number of hydrogen-bond acceptors (Lipinski definition) is 11. The van der Waals surface area contributed by atoms with Crippen LogP contribution in [0.2, 0.25) is 0 Å². The number of nitrogens with one attached hydrogen (secondary N) is 7. The van der Waals surface area contributed by atoms with E-state index in [1.165, 1.54) is 13.8 Å². The lowest BCUT2D eigenvalue weighted by molar-refractivity contribution is -0.145. The molecule has 7 amide bonds. The van der Waals surface area contributed by atoms with E-state index in [0.29, 0.717) is 18.4 Å². The highest BCUT2D eigenvalue weighted by atomic mass is 16.4. The van der Waals surface area contributed by atoms with Crippen molar-refractivity contribution in [2.75, 3.05) is 0 Å². The predicted octanol–water partition coefficient (Wildman–Crippen LogP) is -1.30. The molecule has 0 aliphatic heterocycles. The number of aliphatic hydroxyl groups is 1. The van der Waals surface area contributed by atoms with E-state index in [1.807, 2.05) is 0 Å². The van der Waals surface area contributed by atoms with E-state index in [0.717, 1.165) is 26.2 Å². The third-order valence-electron chi connectivity index (χ3n) is 9.84. The van der Waals surface area contributed by atoms with E-state index in [4.69, 9.17) is 0 Å². The molecule has 0 bridgehead atoms. The highest BCUT2D eigenvalue weighted by Crippen LogP contribution is 2.27. The second kappa shape index (κ2) is 24.8. The van der Waals surface area contributed by atoms with E-state index in [-0.39, 0.29) is 18.8 Å². The second-order valence-electron chi connectivity index (χ2n) is 15.6. The van der Waals surface area contributed by atoms with Crippen molar-refractivity contribution in [2.24, 2.45) is 11.8 Å². The van der Waals surface area contributed by atoms with Gasteiger partial charge in [-0.15, -0.1) is 0 Å². The van der Waals surface area contributed by atoms with Crippen molar-refractivity contribution in [3.05, 3.63) is 35.9 Å². The first-order valence-electron chi connectivity index (χ1n) is 20.1. The van der Waals surface area contributed by atoms with Crippen LogP contribution in [0.25, 0.3) is 0 Å². The van der Waals surface area contributed by atoms with Gasteiger partial charge in [0, 0.05) is 13.3 Å². The normalized spacial score (nSPS) is 16.7. The Kier molecular flexibility index (Phi) is 20.8. The summed E-state index contributed by atoms with van der Waals surface area (Å²) in [5.74, 6) is -11.9. The molecular weight excluding hydrogens is 802 g/mol. The molecular formula is C40H59N7O14. The van der Waals surface area contributed by atoms with E-state index < -0.39 is 126 Å². The SMILES string of the molecule is CC(=O)N[C@@H](Cc1ccccc1)C(=O)N[C@H](C(=O)N[C@@H](CC(C)C)C(=O)N[C@@H](CC(=O)O)C(=O)N[C@@H](C)C(=O)N[C@@H](CC(=O)O)C(=O)N[C@H](C(=O)O)C1CCCCC1)[C@H](C)O. The van der Waals surface area contributed by atoms with E-state index in [2.05, 4.69) is 37.2 Å². The maximum atomic E-state index is 13.6. The second-order valence-corrected chi connectivity index (χ2v) is 15.6. The maximum absolute atomic E-state index is 13.6. The number of carbonyl (C=O) groups is 10. The summed E-state index contributed by atoms with van der Waals surface area (Å²) in [7, 11) is 0. The van der Waals surface area contributed by atoms with Gasteiger partial charge in [-0.05, 0) is 50.5 Å². The molecule has 61 heavy (non-hydrogen) atoms. The zero-order chi connectivity index (χ0) is 46.0. The molecule has 1 saturated carbocycles. The molecule has 0 heterocycles. The van der Waals surface area contributed by atoms with Crippen LogP contribution in [0, 0.1) is 11.8 Å². The number of carbonyl (C=O) groups excluding carboxylic acids is 7. The summed E-state index contributed by atoms with van der Waals surface area (Å²) in [6.45, 7) is 6.92. The number of aliphatic hydroxyl groups excluding tert-OH is 1. The summed E-state index contributed by atoms with van der Waals surface area (Å²) >= 11 is 0. The van der Waals surface area contributed by atoms with Gasteiger partial charge in [-0.25, -0.2) is 4.79 Å². The number of amides is 7. The van der Waals surface area contributed by atoms with Crippen LogP contribution in [-0.2, 0) is 54.4 Å². The first kappa shape index (κ1) is 51.0. The Balaban J connectivity index is 2.21. The molecule has 0 aromatic heterocycles. The van der Waals surface area contributed by atoms with Crippen LogP contribution in [0.1, 0.15) is 91.5 Å². The Morgan fingerprint density at radius 2 is 1.08 bits per heavy atom. The molecule has 1 aromatic rings. The van der Waals surface area contributed by atoms with Crippen LogP contribution >= 0.6 is 0 Å². The number of rotatable bonds is 24. The summed E-state index contributed by atoms with van der Waals surface area (Å²) in [5.41, 5.74) is 0.684. The molecule has 1 aromatic carbocycles. The van der Waals surface area contributed by atoms with Crippen molar-refractivity contribution < 1.29 is 68.4 Å². The fraction of sp³-hybridized carbons (Fsp3) is 0.600. The summed E-state index contributed by atoms with van der Waals surface area (Å²) in [5, 5.41) is 55.6. The Labute approximate surface area is 352 Å². The van der Waals surface area contributed by atoms with Gasteiger partial charge in [-0.3, -0.25) is 43.2 Å². The topological polar surface area (TPSA) is 336 Å². The zero-order valence-electron chi connectivity index (χ0n) is 34.9. The monoisotopic (exact) mass is 861 g/mol. The van der Waals surface area contributed by atoms with Gasteiger partial charge in [-0.1, -0.05) is 63.4 Å². The van der Waals surface area contributed by atoms with Crippen molar-refractivity contribution in [3.8, 4) is 0 Å². The van der Waals surface area contributed by atoms with Gasteiger partial charge in [0.1, 0.15) is 42.3 Å². The lowest BCUT2D eigenvalue weighted by Gasteiger charge is -2.29. The smallest absolute Gasteiger partial charge is 0.326 e. The van der Waals surface area contributed by atoms with Crippen molar-refractivity contribution in [3.63, 3.8) is 0 Å². The van der Waals surface area contributed by atoms with E-state index in [9.17, 15) is 68.4 Å². The Bertz CT molecular complexity index is 1730. The molecule has 21 nitrogen and oxygen atoms in total. The van der Waals surface area contributed by atoms with Gasteiger partial charge in [0.15, 0.2) is 0 Å². The van der Waals surface area contributed by atoms with Gasteiger partial charge in [-0.2, -0.15) is 0 Å². The molecule has 8 atom stereocenters. The molecule has 0 spiro atoms. The highest BCUT2D eigenvalue weighted by Gasteiger charge is 2.37. The molecule has 21 heteroatoms. The van der Waals surface area contributed by atoms with Crippen molar-refractivity contribution in [1.29, 1.82) is 0 Å². The summed E-state index contributed by atoms with van der Waals surface area (Å²) in [6.07, 6.45) is -0.0728. The summed E-state index contributed by atoms with van der Waals surface area (Å²) < 4.78 is 0. The number of hydrogen-bond donors (Lipinski definition) is 11. The van der Waals surface area contributed by atoms with Crippen LogP contribution in [0.5, 0.6) is 0 Å². The third kappa shape index (κ3) is 18.0. The van der Waals surface area contributed by atoms with E-state index in [1.54, 1.807) is 44.2 Å². The highest BCUT2D eigenvalue weighted by molar-refractivity contribution is 5.98. The molecule has 11 N–H and O–H groups in total. The van der Waals surface area contributed by atoms with Gasteiger partial charge >= 0.3 is 17.9 Å². The molecule has 0 unspecified atom stereocenters. The predicted molar refractivity (Wildman–Crippen MR) is 215 cm³/mol. The maximum Gasteiger partial charge on any atom is 0.326 e. The molecule has 338 valence electrons. The number of carboxylic acid groups (broad SMARTS) is 3. The molecule has 0 saturated heterocycles. The molecule has 1 fully saturated rings. The molecule has 0 radical (unpaired) electrons. The largest absolute Gasteiger partial charge is 0.481 e. The average Bonchev–Trinajstić information content (AvgIpc) is 3.17. The minimum atomic E-state index is -1.85. The number of benzene rings is 1. The summed E-state index contributed by atoms with van der Waals surface area (Å²) in [4.78, 5) is 127. The Hall–Kier alpha value is -6.12. The first-order chi connectivity index (χ1) is 28.6. The lowest BCUT2D eigenvalue weighted by atomic mass is 9.83. The van der Waals surface area contributed by atoms with Crippen LogP contribution < -0.4 is 37.2 Å². The first-order valence-corrected chi connectivity index (χ1v) is 20.1.